The van der Waals surface area contributed by atoms with Crippen LogP contribution in [0, 0.1) is 13.8 Å². The van der Waals surface area contributed by atoms with Crippen LogP contribution < -0.4 is 5.32 Å². The molecule has 0 spiro atoms. The Hall–Kier alpha value is -1.95. The lowest BCUT2D eigenvalue weighted by atomic mass is 9.98. The molecule has 0 unspecified atom stereocenters. The van der Waals surface area contributed by atoms with Crippen molar-refractivity contribution < 1.29 is 9.53 Å². The van der Waals surface area contributed by atoms with Crippen molar-refractivity contribution in [3.05, 3.63) is 17.6 Å². The zero-order valence-corrected chi connectivity index (χ0v) is 13.1. The van der Waals surface area contributed by atoms with Crippen molar-refractivity contribution in [2.75, 3.05) is 11.9 Å². The van der Waals surface area contributed by atoms with Gasteiger partial charge in [-0.2, -0.15) is 0 Å². The maximum atomic E-state index is 12.1. The molecule has 6 nitrogen and oxygen atoms in total. The number of fused-ring (bicyclic) bond motifs is 1. The molecule has 2 heterocycles. The zero-order valence-electron chi connectivity index (χ0n) is 13.1. The zero-order chi connectivity index (χ0) is 15.5. The number of amides is 1. The van der Waals surface area contributed by atoms with E-state index in [-0.39, 0.29) is 18.6 Å². The highest BCUT2D eigenvalue weighted by Gasteiger charge is 2.17. The first-order valence-electron chi connectivity index (χ1n) is 7.86. The van der Waals surface area contributed by atoms with E-state index in [9.17, 15) is 4.79 Å². The topological polar surface area (TPSA) is 79.9 Å². The van der Waals surface area contributed by atoms with E-state index in [2.05, 4.69) is 20.3 Å². The second-order valence-corrected chi connectivity index (χ2v) is 5.94. The fourth-order valence-corrected chi connectivity index (χ4v) is 2.98. The summed E-state index contributed by atoms with van der Waals surface area (Å²) in [5.41, 5.74) is 2.83. The molecule has 2 aromatic heterocycles. The van der Waals surface area contributed by atoms with Crippen molar-refractivity contribution in [1.29, 1.82) is 0 Å². The molecule has 2 aromatic rings. The summed E-state index contributed by atoms with van der Waals surface area (Å²) in [7, 11) is 0. The van der Waals surface area contributed by atoms with Gasteiger partial charge in [-0.1, -0.05) is 19.3 Å². The molecule has 0 atom stereocenters. The Bertz CT molecular complexity index is 674. The number of H-pyrrole nitrogens is 1. The second-order valence-electron chi connectivity index (χ2n) is 5.94. The van der Waals surface area contributed by atoms with Gasteiger partial charge in [0.1, 0.15) is 24.4 Å². The van der Waals surface area contributed by atoms with Crippen LogP contribution in [0.1, 0.15) is 43.4 Å². The molecule has 1 fully saturated rings. The van der Waals surface area contributed by atoms with Crippen LogP contribution in [0.3, 0.4) is 0 Å². The van der Waals surface area contributed by atoms with Crippen LogP contribution in [0.25, 0.3) is 11.0 Å². The standard InChI is InChI=1S/C16H22N4O2/c1-10-11(2)19-15-14(10)16(18-9-17-15)20-13(21)8-22-12-6-4-3-5-7-12/h9,12H,3-8H2,1-2H3,(H2,17,18,19,20,21). The van der Waals surface area contributed by atoms with Crippen molar-refractivity contribution >= 4 is 22.8 Å². The first kappa shape index (κ1) is 15.0. The third-order valence-corrected chi connectivity index (χ3v) is 4.35. The SMILES string of the molecule is Cc1[nH]c2ncnc(NC(=O)COC3CCCCC3)c2c1C. The van der Waals surface area contributed by atoms with Crippen LogP contribution in [0.5, 0.6) is 0 Å². The number of aromatic amines is 1. The third-order valence-electron chi connectivity index (χ3n) is 4.35. The molecule has 1 amide bonds. The molecule has 0 radical (unpaired) electrons. The Labute approximate surface area is 129 Å². The summed E-state index contributed by atoms with van der Waals surface area (Å²) in [4.78, 5) is 23.7. The fourth-order valence-electron chi connectivity index (χ4n) is 2.98. The van der Waals surface area contributed by atoms with Crippen LogP contribution >= 0.6 is 0 Å². The summed E-state index contributed by atoms with van der Waals surface area (Å²) in [6, 6.07) is 0. The number of nitrogens with one attached hydrogen (secondary N) is 2. The Morgan fingerprint density at radius 3 is 2.86 bits per heavy atom. The van der Waals surface area contributed by atoms with E-state index in [0.717, 1.165) is 35.1 Å². The van der Waals surface area contributed by atoms with Crippen molar-refractivity contribution in [2.24, 2.45) is 0 Å². The number of carbonyl (C=O) groups excluding carboxylic acids is 1. The van der Waals surface area contributed by atoms with Crippen molar-refractivity contribution in [3.8, 4) is 0 Å². The predicted octanol–water partition coefficient (Wildman–Crippen LogP) is 2.86. The number of hydrogen-bond acceptors (Lipinski definition) is 4. The van der Waals surface area contributed by atoms with Gasteiger partial charge in [-0.3, -0.25) is 4.79 Å². The van der Waals surface area contributed by atoms with E-state index in [0.29, 0.717) is 5.82 Å². The maximum Gasteiger partial charge on any atom is 0.251 e. The minimum absolute atomic E-state index is 0.0820. The van der Waals surface area contributed by atoms with Crippen LogP contribution in [-0.4, -0.2) is 33.6 Å². The molecule has 1 aliphatic rings. The summed E-state index contributed by atoms with van der Waals surface area (Å²) >= 11 is 0. The van der Waals surface area contributed by atoms with Crippen LogP contribution in [0.4, 0.5) is 5.82 Å². The molecule has 1 aliphatic carbocycles. The van der Waals surface area contributed by atoms with Gasteiger partial charge in [0, 0.05) is 5.69 Å². The minimum atomic E-state index is -0.163. The molecule has 1 saturated carbocycles. The van der Waals surface area contributed by atoms with E-state index >= 15 is 0 Å². The van der Waals surface area contributed by atoms with Crippen LogP contribution in [0.15, 0.2) is 6.33 Å². The lowest BCUT2D eigenvalue weighted by Crippen LogP contribution is -2.25. The fraction of sp³-hybridized carbons (Fsp3) is 0.562. The first-order valence-corrected chi connectivity index (χ1v) is 7.86. The van der Waals surface area contributed by atoms with E-state index in [1.807, 2.05) is 13.8 Å². The Kier molecular flexibility index (Phi) is 4.38. The van der Waals surface area contributed by atoms with Crippen molar-refractivity contribution in [2.45, 2.75) is 52.1 Å². The Morgan fingerprint density at radius 2 is 2.09 bits per heavy atom. The molecular weight excluding hydrogens is 280 g/mol. The van der Waals surface area contributed by atoms with Gasteiger partial charge < -0.3 is 15.0 Å². The van der Waals surface area contributed by atoms with Crippen LogP contribution in [0.2, 0.25) is 0 Å². The predicted molar refractivity (Wildman–Crippen MR) is 84.8 cm³/mol. The minimum Gasteiger partial charge on any atom is -0.368 e. The summed E-state index contributed by atoms with van der Waals surface area (Å²) in [6.45, 7) is 4.05. The smallest absolute Gasteiger partial charge is 0.251 e. The number of carbonyl (C=O) groups is 1. The summed E-state index contributed by atoms with van der Waals surface area (Å²) in [6.07, 6.45) is 7.46. The number of anilines is 1. The molecule has 0 saturated heterocycles. The lowest BCUT2D eigenvalue weighted by molar-refractivity contribution is -0.123. The largest absolute Gasteiger partial charge is 0.368 e. The number of hydrogen-bond donors (Lipinski definition) is 2. The monoisotopic (exact) mass is 302 g/mol. The molecule has 6 heteroatoms. The van der Waals surface area contributed by atoms with Crippen molar-refractivity contribution in [1.82, 2.24) is 15.0 Å². The average molecular weight is 302 g/mol. The van der Waals surface area contributed by atoms with Gasteiger partial charge in [-0.15, -0.1) is 0 Å². The van der Waals surface area contributed by atoms with E-state index in [1.54, 1.807) is 0 Å². The molecule has 0 aromatic carbocycles. The average Bonchev–Trinajstić information content (AvgIpc) is 2.82. The highest BCUT2D eigenvalue weighted by molar-refractivity contribution is 6.00. The quantitative estimate of drug-likeness (QED) is 0.910. The summed E-state index contributed by atoms with van der Waals surface area (Å²) in [5.74, 6) is 0.382. The maximum absolute atomic E-state index is 12.1. The van der Waals surface area contributed by atoms with Gasteiger partial charge in [-0.25, -0.2) is 9.97 Å². The molecule has 22 heavy (non-hydrogen) atoms. The van der Waals surface area contributed by atoms with E-state index in [1.165, 1.54) is 25.6 Å². The molecule has 0 bridgehead atoms. The molecule has 2 N–H and O–H groups in total. The summed E-state index contributed by atoms with van der Waals surface area (Å²) < 4.78 is 5.70. The molecular formula is C16H22N4O2. The van der Waals surface area contributed by atoms with Gasteiger partial charge in [-0.05, 0) is 32.3 Å². The number of ether oxygens (including phenoxy) is 1. The second kappa shape index (κ2) is 6.44. The number of aromatic nitrogens is 3. The van der Waals surface area contributed by atoms with Crippen molar-refractivity contribution in [3.63, 3.8) is 0 Å². The normalized spacial score (nSPS) is 16.1. The molecule has 118 valence electrons. The van der Waals surface area contributed by atoms with Crippen LogP contribution in [-0.2, 0) is 9.53 Å². The molecule has 0 aliphatic heterocycles. The third kappa shape index (κ3) is 3.11. The molecule has 3 rings (SSSR count). The highest BCUT2D eigenvalue weighted by atomic mass is 16.5. The number of aryl methyl sites for hydroxylation is 2. The summed E-state index contributed by atoms with van der Waals surface area (Å²) in [5, 5.41) is 3.71. The lowest BCUT2D eigenvalue weighted by Gasteiger charge is -2.21. The van der Waals surface area contributed by atoms with Gasteiger partial charge in [0.25, 0.3) is 5.91 Å². The first-order chi connectivity index (χ1) is 10.6. The van der Waals surface area contributed by atoms with E-state index < -0.39 is 0 Å². The highest BCUT2D eigenvalue weighted by Crippen LogP contribution is 2.25. The van der Waals surface area contributed by atoms with Gasteiger partial charge in [0.05, 0.1) is 11.5 Å². The number of nitrogens with zero attached hydrogens (tertiary/aromatic N) is 2. The van der Waals surface area contributed by atoms with Gasteiger partial charge >= 0.3 is 0 Å². The Morgan fingerprint density at radius 1 is 1.32 bits per heavy atom. The van der Waals surface area contributed by atoms with E-state index in [4.69, 9.17) is 4.74 Å². The number of rotatable bonds is 4. The Balaban J connectivity index is 1.66. The van der Waals surface area contributed by atoms with Gasteiger partial charge in [0.2, 0.25) is 0 Å². The van der Waals surface area contributed by atoms with Gasteiger partial charge in [0.15, 0.2) is 0 Å².